The number of carbonyl (C=O) groups excluding carboxylic acids is 1. The maximum Gasteiger partial charge on any atom is 0.291 e. The van der Waals surface area contributed by atoms with Gasteiger partial charge < -0.3 is 5.32 Å². The minimum absolute atomic E-state index is 0.222. The van der Waals surface area contributed by atoms with Gasteiger partial charge in [-0.25, -0.2) is 4.68 Å². The van der Waals surface area contributed by atoms with Crippen LogP contribution in [-0.2, 0) is 11.3 Å². The summed E-state index contributed by atoms with van der Waals surface area (Å²) in [6.45, 7) is 3.99. The molecule has 0 aliphatic heterocycles. The van der Waals surface area contributed by atoms with Gasteiger partial charge in [0.25, 0.3) is 5.56 Å². The van der Waals surface area contributed by atoms with Crippen molar-refractivity contribution in [3.8, 4) is 0 Å². The molecule has 0 aromatic carbocycles. The SMILES string of the molecule is Cc1nn(C(C)C(=O)NCc2cccs2)c(=O)c2cc3sccc3n12. The molecule has 1 unspecified atom stereocenters. The number of nitrogens with one attached hydrogen (secondary N) is 1. The van der Waals surface area contributed by atoms with E-state index in [-0.39, 0.29) is 11.5 Å². The van der Waals surface area contributed by atoms with E-state index in [2.05, 4.69) is 10.4 Å². The van der Waals surface area contributed by atoms with E-state index in [0.29, 0.717) is 17.9 Å². The lowest BCUT2D eigenvalue weighted by Crippen LogP contribution is -2.37. The number of aromatic nitrogens is 3. The molecule has 6 nitrogen and oxygen atoms in total. The topological polar surface area (TPSA) is 68.4 Å². The summed E-state index contributed by atoms with van der Waals surface area (Å²) in [6.07, 6.45) is 0. The van der Waals surface area contributed by atoms with Crippen LogP contribution in [-0.4, -0.2) is 20.1 Å². The summed E-state index contributed by atoms with van der Waals surface area (Å²) in [5, 5.41) is 11.2. The Kier molecular flexibility index (Phi) is 3.93. The Morgan fingerprint density at radius 3 is 2.88 bits per heavy atom. The number of amides is 1. The lowest BCUT2D eigenvalue weighted by Gasteiger charge is -2.15. The van der Waals surface area contributed by atoms with E-state index in [1.807, 2.05) is 46.4 Å². The average molecular weight is 372 g/mol. The molecular formula is C17H16N4O2S2. The molecule has 0 radical (unpaired) electrons. The number of hydrogen-bond acceptors (Lipinski definition) is 5. The number of rotatable bonds is 4. The Morgan fingerprint density at radius 1 is 1.28 bits per heavy atom. The molecular weight excluding hydrogens is 356 g/mol. The zero-order valence-corrected chi connectivity index (χ0v) is 15.4. The van der Waals surface area contributed by atoms with Crippen molar-refractivity contribution in [1.29, 1.82) is 0 Å². The quantitative estimate of drug-likeness (QED) is 0.599. The molecule has 4 aromatic heterocycles. The average Bonchev–Trinajstić information content (AvgIpc) is 3.31. The van der Waals surface area contributed by atoms with Crippen LogP contribution >= 0.6 is 22.7 Å². The normalized spacial score (nSPS) is 12.7. The molecule has 0 saturated heterocycles. The minimum atomic E-state index is -0.677. The van der Waals surface area contributed by atoms with Crippen LogP contribution < -0.4 is 10.9 Å². The van der Waals surface area contributed by atoms with Crippen LogP contribution in [0.3, 0.4) is 0 Å². The number of nitrogens with zero attached hydrogens (tertiary/aromatic N) is 3. The van der Waals surface area contributed by atoms with Crippen molar-refractivity contribution in [3.05, 3.63) is 56.1 Å². The van der Waals surface area contributed by atoms with Gasteiger partial charge in [0.05, 0.1) is 16.8 Å². The van der Waals surface area contributed by atoms with Crippen LogP contribution in [0.1, 0.15) is 23.7 Å². The van der Waals surface area contributed by atoms with Gasteiger partial charge in [-0.1, -0.05) is 6.07 Å². The van der Waals surface area contributed by atoms with Gasteiger partial charge in [0.1, 0.15) is 17.4 Å². The summed E-state index contributed by atoms with van der Waals surface area (Å²) >= 11 is 3.16. The molecule has 1 amide bonds. The number of hydrogen-bond donors (Lipinski definition) is 1. The second-order valence-electron chi connectivity index (χ2n) is 5.81. The van der Waals surface area contributed by atoms with E-state index < -0.39 is 6.04 Å². The lowest BCUT2D eigenvalue weighted by atomic mass is 10.3. The van der Waals surface area contributed by atoms with Crippen molar-refractivity contribution in [2.75, 3.05) is 0 Å². The third kappa shape index (κ3) is 2.67. The number of carbonyl (C=O) groups is 1. The molecule has 0 spiro atoms. The predicted octanol–water partition coefficient (Wildman–Crippen LogP) is 2.96. The number of aryl methyl sites for hydroxylation is 1. The van der Waals surface area contributed by atoms with Gasteiger partial charge in [-0.05, 0) is 42.8 Å². The third-order valence-electron chi connectivity index (χ3n) is 4.19. The highest BCUT2D eigenvalue weighted by Crippen LogP contribution is 2.24. The Labute approximate surface area is 151 Å². The first-order chi connectivity index (χ1) is 12.1. The van der Waals surface area contributed by atoms with E-state index in [4.69, 9.17) is 0 Å². The molecule has 25 heavy (non-hydrogen) atoms. The first-order valence-electron chi connectivity index (χ1n) is 7.84. The van der Waals surface area contributed by atoms with Crippen LogP contribution in [0.4, 0.5) is 0 Å². The van der Waals surface area contributed by atoms with Crippen molar-refractivity contribution in [3.63, 3.8) is 0 Å². The Balaban J connectivity index is 1.69. The summed E-state index contributed by atoms with van der Waals surface area (Å²) in [5.74, 6) is 0.459. The summed E-state index contributed by atoms with van der Waals surface area (Å²) in [7, 11) is 0. The zero-order chi connectivity index (χ0) is 17.6. The van der Waals surface area contributed by atoms with Crippen molar-refractivity contribution >= 4 is 44.3 Å². The fourth-order valence-electron chi connectivity index (χ4n) is 2.90. The summed E-state index contributed by atoms with van der Waals surface area (Å²) in [4.78, 5) is 26.4. The maximum absolute atomic E-state index is 12.8. The van der Waals surface area contributed by atoms with Gasteiger partial charge in [-0.2, -0.15) is 5.10 Å². The van der Waals surface area contributed by atoms with Gasteiger partial charge in [0, 0.05) is 4.88 Å². The van der Waals surface area contributed by atoms with Crippen LogP contribution in [0.2, 0.25) is 0 Å². The highest BCUT2D eigenvalue weighted by atomic mass is 32.1. The molecule has 1 atom stereocenters. The highest BCUT2D eigenvalue weighted by molar-refractivity contribution is 7.17. The first-order valence-corrected chi connectivity index (χ1v) is 9.60. The van der Waals surface area contributed by atoms with E-state index in [0.717, 1.165) is 15.1 Å². The second kappa shape index (κ2) is 6.12. The largest absolute Gasteiger partial charge is 0.349 e. The summed E-state index contributed by atoms with van der Waals surface area (Å²) in [6, 6.07) is 7.07. The Hall–Kier alpha value is -2.45. The fraction of sp³-hybridized carbons (Fsp3) is 0.235. The molecule has 4 rings (SSSR count). The molecule has 4 heterocycles. The predicted molar refractivity (Wildman–Crippen MR) is 100 cm³/mol. The van der Waals surface area contributed by atoms with Gasteiger partial charge in [-0.3, -0.25) is 14.0 Å². The molecule has 0 bridgehead atoms. The number of thiophene rings is 2. The second-order valence-corrected chi connectivity index (χ2v) is 7.79. The van der Waals surface area contributed by atoms with Gasteiger partial charge in [-0.15, -0.1) is 22.7 Å². The minimum Gasteiger partial charge on any atom is -0.349 e. The standard InChI is InChI=1S/C17H16N4O2S2/c1-10(16(22)18-9-12-4-3-6-24-12)21-17(23)14-8-15-13(5-7-25-15)20(14)11(2)19-21/h3-8,10H,9H2,1-2H3,(H,18,22). The van der Waals surface area contributed by atoms with Crippen molar-refractivity contribution in [2.24, 2.45) is 0 Å². The highest BCUT2D eigenvalue weighted by Gasteiger charge is 2.21. The molecule has 0 saturated carbocycles. The Morgan fingerprint density at radius 2 is 2.12 bits per heavy atom. The molecule has 4 aromatic rings. The summed E-state index contributed by atoms with van der Waals surface area (Å²) < 4.78 is 4.16. The molecule has 0 fully saturated rings. The first kappa shape index (κ1) is 16.0. The van der Waals surface area contributed by atoms with E-state index in [1.165, 1.54) is 4.68 Å². The van der Waals surface area contributed by atoms with E-state index >= 15 is 0 Å². The smallest absolute Gasteiger partial charge is 0.291 e. The monoisotopic (exact) mass is 372 g/mol. The van der Waals surface area contributed by atoms with Crippen LogP contribution in [0.15, 0.2) is 39.8 Å². The molecule has 8 heteroatoms. The van der Waals surface area contributed by atoms with Gasteiger partial charge >= 0.3 is 0 Å². The van der Waals surface area contributed by atoms with Crippen molar-refractivity contribution in [1.82, 2.24) is 19.5 Å². The molecule has 1 N–H and O–H groups in total. The molecule has 0 aliphatic rings. The lowest BCUT2D eigenvalue weighted by molar-refractivity contribution is -0.124. The Bertz CT molecular complexity index is 1120. The van der Waals surface area contributed by atoms with Crippen LogP contribution in [0.25, 0.3) is 15.7 Å². The van der Waals surface area contributed by atoms with Gasteiger partial charge in [0.2, 0.25) is 5.91 Å². The molecule has 128 valence electrons. The van der Waals surface area contributed by atoms with Crippen LogP contribution in [0.5, 0.6) is 0 Å². The van der Waals surface area contributed by atoms with Crippen LogP contribution in [0, 0.1) is 6.92 Å². The zero-order valence-electron chi connectivity index (χ0n) is 13.7. The third-order valence-corrected chi connectivity index (χ3v) is 5.92. The van der Waals surface area contributed by atoms with E-state index in [9.17, 15) is 9.59 Å². The van der Waals surface area contributed by atoms with E-state index in [1.54, 1.807) is 29.6 Å². The van der Waals surface area contributed by atoms with Gasteiger partial charge in [0.15, 0.2) is 0 Å². The summed E-state index contributed by atoms with van der Waals surface area (Å²) in [5.41, 5.74) is 1.27. The maximum atomic E-state index is 12.8. The number of fused-ring (bicyclic) bond motifs is 3. The van der Waals surface area contributed by atoms with Crippen molar-refractivity contribution in [2.45, 2.75) is 26.4 Å². The fourth-order valence-corrected chi connectivity index (χ4v) is 4.35. The molecule has 0 aliphatic carbocycles. The van der Waals surface area contributed by atoms with Crippen molar-refractivity contribution < 1.29 is 4.79 Å².